The van der Waals surface area contributed by atoms with Gasteiger partial charge in [-0.1, -0.05) is 19.3 Å². The molecule has 24 heavy (non-hydrogen) atoms. The van der Waals surface area contributed by atoms with Crippen LogP contribution in [0.15, 0.2) is 0 Å². The zero-order valence-electron chi connectivity index (χ0n) is 15.4. The predicted octanol–water partition coefficient (Wildman–Crippen LogP) is 2.44. The Kier molecular flexibility index (Phi) is 7.53. The van der Waals surface area contributed by atoms with E-state index in [2.05, 4.69) is 5.32 Å². The summed E-state index contributed by atoms with van der Waals surface area (Å²) in [6, 6.07) is 0.341. The van der Waals surface area contributed by atoms with Crippen LogP contribution in [0.25, 0.3) is 0 Å². The maximum Gasteiger partial charge on any atom is 0.225 e. The van der Waals surface area contributed by atoms with E-state index < -0.39 is 0 Å². The predicted molar refractivity (Wildman–Crippen MR) is 96.4 cm³/mol. The lowest BCUT2D eigenvalue weighted by molar-refractivity contribution is -0.137. The molecule has 2 aliphatic rings. The molecule has 2 saturated carbocycles. The van der Waals surface area contributed by atoms with E-state index in [4.69, 9.17) is 5.73 Å². The largest absolute Gasteiger partial charge is 0.353 e. The van der Waals surface area contributed by atoms with E-state index >= 15 is 0 Å². The third-order valence-electron chi connectivity index (χ3n) is 5.99. The highest BCUT2D eigenvalue weighted by Gasteiger charge is 2.30. The van der Waals surface area contributed by atoms with Crippen LogP contribution in [0.1, 0.15) is 71.1 Å². The van der Waals surface area contributed by atoms with Crippen LogP contribution in [0.4, 0.5) is 0 Å². The first kappa shape index (κ1) is 19.2. The Labute approximate surface area is 146 Å². The molecule has 0 aromatic heterocycles. The fraction of sp³-hybridized carbons (Fsp3) is 0.895. The molecule has 0 aromatic carbocycles. The zero-order chi connectivity index (χ0) is 17.5. The van der Waals surface area contributed by atoms with Crippen LogP contribution < -0.4 is 11.1 Å². The third kappa shape index (κ3) is 5.47. The van der Waals surface area contributed by atoms with E-state index in [1.54, 1.807) is 4.90 Å². The SMILES string of the molecule is CC(CN)N(C)C(=O)C1CCC(NC(=O)CC2CCCCC2)CC1. The molecule has 2 amide bonds. The van der Waals surface area contributed by atoms with Crippen molar-refractivity contribution in [3.8, 4) is 0 Å². The highest BCUT2D eigenvalue weighted by molar-refractivity contribution is 5.79. The van der Waals surface area contributed by atoms with Crippen molar-refractivity contribution in [2.45, 2.75) is 83.2 Å². The van der Waals surface area contributed by atoms with Crippen LogP contribution in [0.5, 0.6) is 0 Å². The van der Waals surface area contributed by atoms with E-state index in [0.717, 1.165) is 25.7 Å². The van der Waals surface area contributed by atoms with Gasteiger partial charge < -0.3 is 16.0 Å². The summed E-state index contributed by atoms with van der Waals surface area (Å²) in [7, 11) is 1.85. The smallest absolute Gasteiger partial charge is 0.225 e. The lowest BCUT2D eigenvalue weighted by Crippen LogP contribution is -2.45. The normalized spacial score (nSPS) is 26.6. The van der Waals surface area contributed by atoms with Gasteiger partial charge in [-0.05, 0) is 51.4 Å². The molecule has 5 heteroatoms. The molecule has 1 atom stereocenters. The fourth-order valence-electron chi connectivity index (χ4n) is 4.09. The van der Waals surface area contributed by atoms with Gasteiger partial charge in [0.1, 0.15) is 0 Å². The van der Waals surface area contributed by atoms with Crippen LogP contribution in [0.3, 0.4) is 0 Å². The molecule has 0 saturated heterocycles. The summed E-state index contributed by atoms with van der Waals surface area (Å²) in [6.45, 7) is 2.48. The molecular weight excluding hydrogens is 302 g/mol. The van der Waals surface area contributed by atoms with Gasteiger partial charge in [0, 0.05) is 38.0 Å². The number of carbonyl (C=O) groups is 2. The fourth-order valence-corrected chi connectivity index (χ4v) is 4.09. The molecule has 2 rings (SSSR count). The van der Waals surface area contributed by atoms with Crippen LogP contribution in [-0.4, -0.2) is 42.4 Å². The Morgan fingerprint density at radius 2 is 1.71 bits per heavy atom. The number of amides is 2. The lowest BCUT2D eigenvalue weighted by atomic mass is 9.84. The number of nitrogens with one attached hydrogen (secondary N) is 1. The van der Waals surface area contributed by atoms with Crippen LogP contribution in [0.2, 0.25) is 0 Å². The zero-order valence-corrected chi connectivity index (χ0v) is 15.4. The number of hydrogen-bond acceptors (Lipinski definition) is 3. The second-order valence-corrected chi connectivity index (χ2v) is 7.86. The summed E-state index contributed by atoms with van der Waals surface area (Å²) in [5.74, 6) is 1.10. The first-order valence-corrected chi connectivity index (χ1v) is 9.77. The van der Waals surface area contributed by atoms with Crippen molar-refractivity contribution in [3.63, 3.8) is 0 Å². The standard InChI is InChI=1S/C19H35N3O2/c1-14(13-20)22(2)19(24)16-8-10-17(11-9-16)21-18(23)12-15-6-4-3-5-7-15/h14-17H,3-13,20H2,1-2H3,(H,21,23). The minimum atomic E-state index is 0.0884. The van der Waals surface area contributed by atoms with Crippen LogP contribution in [-0.2, 0) is 9.59 Å². The number of nitrogens with two attached hydrogens (primary N) is 1. The molecule has 5 nitrogen and oxygen atoms in total. The van der Waals surface area contributed by atoms with Crippen molar-refractivity contribution in [1.82, 2.24) is 10.2 Å². The van der Waals surface area contributed by atoms with Crippen molar-refractivity contribution in [1.29, 1.82) is 0 Å². The summed E-state index contributed by atoms with van der Waals surface area (Å²) in [5, 5.41) is 3.20. The third-order valence-corrected chi connectivity index (χ3v) is 5.99. The molecule has 0 aromatic rings. The summed E-state index contributed by atoms with van der Waals surface area (Å²) < 4.78 is 0. The summed E-state index contributed by atoms with van der Waals surface area (Å²) in [5.41, 5.74) is 5.65. The number of hydrogen-bond donors (Lipinski definition) is 2. The first-order valence-electron chi connectivity index (χ1n) is 9.77. The molecule has 138 valence electrons. The van der Waals surface area contributed by atoms with Crippen LogP contribution >= 0.6 is 0 Å². The van der Waals surface area contributed by atoms with E-state index in [9.17, 15) is 9.59 Å². The minimum Gasteiger partial charge on any atom is -0.353 e. The van der Waals surface area contributed by atoms with Gasteiger partial charge in [0.05, 0.1) is 0 Å². The topological polar surface area (TPSA) is 75.4 Å². The lowest BCUT2D eigenvalue weighted by Gasteiger charge is -2.33. The van der Waals surface area contributed by atoms with E-state index in [1.165, 1.54) is 32.1 Å². The molecule has 1 unspecified atom stereocenters. The summed E-state index contributed by atoms with van der Waals surface area (Å²) in [4.78, 5) is 26.5. The molecule has 0 aliphatic heterocycles. The average Bonchev–Trinajstić information content (AvgIpc) is 2.61. The average molecular weight is 338 g/mol. The highest BCUT2D eigenvalue weighted by Crippen LogP contribution is 2.28. The van der Waals surface area contributed by atoms with E-state index in [-0.39, 0.29) is 29.8 Å². The molecule has 0 spiro atoms. The molecule has 2 aliphatic carbocycles. The van der Waals surface area contributed by atoms with Crippen molar-refractivity contribution in [2.75, 3.05) is 13.6 Å². The van der Waals surface area contributed by atoms with Gasteiger partial charge in [0.2, 0.25) is 11.8 Å². The van der Waals surface area contributed by atoms with Crippen molar-refractivity contribution >= 4 is 11.8 Å². The number of likely N-dealkylation sites (N-methyl/N-ethyl adjacent to an activating group) is 1. The Morgan fingerprint density at radius 3 is 2.29 bits per heavy atom. The van der Waals surface area contributed by atoms with Gasteiger partial charge in [-0.3, -0.25) is 9.59 Å². The van der Waals surface area contributed by atoms with E-state index in [0.29, 0.717) is 18.9 Å². The second-order valence-electron chi connectivity index (χ2n) is 7.86. The van der Waals surface area contributed by atoms with Crippen molar-refractivity contribution in [3.05, 3.63) is 0 Å². The van der Waals surface area contributed by atoms with E-state index in [1.807, 2.05) is 14.0 Å². The molecule has 0 heterocycles. The van der Waals surface area contributed by atoms with Gasteiger partial charge in [-0.25, -0.2) is 0 Å². The number of nitrogens with zero attached hydrogens (tertiary/aromatic N) is 1. The molecule has 0 bridgehead atoms. The van der Waals surface area contributed by atoms with Gasteiger partial charge in [-0.15, -0.1) is 0 Å². The Balaban J connectivity index is 1.70. The Morgan fingerprint density at radius 1 is 1.08 bits per heavy atom. The molecule has 2 fully saturated rings. The molecule has 0 radical (unpaired) electrons. The maximum atomic E-state index is 12.5. The Hall–Kier alpha value is -1.10. The van der Waals surface area contributed by atoms with Gasteiger partial charge >= 0.3 is 0 Å². The maximum absolute atomic E-state index is 12.5. The molecule has 3 N–H and O–H groups in total. The van der Waals surface area contributed by atoms with Gasteiger partial charge in [0.15, 0.2) is 0 Å². The molecular formula is C19H35N3O2. The summed E-state index contributed by atoms with van der Waals surface area (Å²) >= 11 is 0. The highest BCUT2D eigenvalue weighted by atomic mass is 16.2. The van der Waals surface area contributed by atoms with Gasteiger partial charge in [-0.2, -0.15) is 0 Å². The van der Waals surface area contributed by atoms with Crippen LogP contribution in [0, 0.1) is 11.8 Å². The summed E-state index contributed by atoms with van der Waals surface area (Å²) in [6.07, 6.45) is 10.6. The second kappa shape index (κ2) is 9.40. The van der Waals surface area contributed by atoms with Crippen molar-refractivity contribution in [2.24, 2.45) is 17.6 Å². The quantitative estimate of drug-likeness (QED) is 0.781. The Bertz CT molecular complexity index is 413. The number of rotatable bonds is 6. The number of carbonyl (C=O) groups excluding carboxylic acids is 2. The monoisotopic (exact) mass is 337 g/mol. The minimum absolute atomic E-state index is 0.0884. The van der Waals surface area contributed by atoms with Gasteiger partial charge in [0.25, 0.3) is 0 Å². The van der Waals surface area contributed by atoms with Crippen molar-refractivity contribution < 1.29 is 9.59 Å². The first-order chi connectivity index (χ1) is 11.5.